The Morgan fingerprint density at radius 2 is 1.94 bits per heavy atom. The quantitative estimate of drug-likeness (QED) is 0.446. The summed E-state index contributed by atoms with van der Waals surface area (Å²) in [4.78, 5) is 34.9. The summed E-state index contributed by atoms with van der Waals surface area (Å²) in [5, 5.41) is 3.33. The van der Waals surface area contributed by atoms with Crippen molar-refractivity contribution in [2.24, 2.45) is 0 Å². The molecule has 2 aliphatic rings. The SMILES string of the molecule is CC.CCc1cc2c(cc3n2CC(C)(C(=O)NC2CCCCCC2)N(Cc2cccnc2)C3=O)s1. The van der Waals surface area contributed by atoms with E-state index in [4.69, 9.17) is 0 Å². The van der Waals surface area contributed by atoms with Crippen molar-refractivity contribution in [1.29, 1.82) is 0 Å². The second-order valence-corrected chi connectivity index (χ2v) is 10.8. The van der Waals surface area contributed by atoms with E-state index in [0.29, 0.717) is 18.8 Å². The number of fused-ring (bicyclic) bond motifs is 3. The van der Waals surface area contributed by atoms with E-state index >= 15 is 0 Å². The summed E-state index contributed by atoms with van der Waals surface area (Å²) in [6.45, 7) is 8.89. The molecular weight excluding hydrogens is 456 g/mol. The van der Waals surface area contributed by atoms with Crippen LogP contribution < -0.4 is 5.32 Å². The van der Waals surface area contributed by atoms with Gasteiger partial charge in [-0.25, -0.2) is 0 Å². The molecule has 35 heavy (non-hydrogen) atoms. The fourth-order valence-electron chi connectivity index (χ4n) is 5.25. The predicted molar refractivity (Wildman–Crippen MR) is 143 cm³/mol. The maximum absolute atomic E-state index is 13.8. The Morgan fingerprint density at radius 3 is 2.60 bits per heavy atom. The molecule has 1 atom stereocenters. The minimum absolute atomic E-state index is 0.0508. The van der Waals surface area contributed by atoms with Crippen LogP contribution in [0.4, 0.5) is 0 Å². The molecule has 0 spiro atoms. The van der Waals surface area contributed by atoms with E-state index in [1.807, 2.05) is 39.0 Å². The lowest BCUT2D eigenvalue weighted by atomic mass is 9.93. The molecule has 3 aromatic heterocycles. The molecule has 7 heteroatoms. The Hall–Kier alpha value is -2.67. The van der Waals surface area contributed by atoms with Gasteiger partial charge >= 0.3 is 0 Å². The predicted octanol–water partition coefficient (Wildman–Crippen LogP) is 5.94. The highest BCUT2D eigenvalue weighted by molar-refractivity contribution is 7.19. The zero-order valence-corrected chi connectivity index (χ0v) is 22.3. The molecule has 1 aliphatic heterocycles. The van der Waals surface area contributed by atoms with E-state index in [1.54, 1.807) is 28.6 Å². The number of amides is 2. The number of nitrogens with one attached hydrogen (secondary N) is 1. The van der Waals surface area contributed by atoms with Crippen LogP contribution >= 0.6 is 11.3 Å². The number of pyridine rings is 1. The largest absolute Gasteiger partial charge is 0.351 e. The van der Waals surface area contributed by atoms with Crippen molar-refractivity contribution < 1.29 is 9.59 Å². The van der Waals surface area contributed by atoms with Gasteiger partial charge in [-0.15, -0.1) is 11.3 Å². The molecule has 6 nitrogen and oxygen atoms in total. The molecule has 1 unspecified atom stereocenters. The van der Waals surface area contributed by atoms with Crippen LogP contribution in [-0.4, -0.2) is 37.8 Å². The first-order chi connectivity index (χ1) is 17.0. The van der Waals surface area contributed by atoms with Crippen LogP contribution in [0.2, 0.25) is 0 Å². The third kappa shape index (κ3) is 5.01. The summed E-state index contributed by atoms with van der Waals surface area (Å²) < 4.78 is 3.18. The van der Waals surface area contributed by atoms with Gasteiger partial charge in [0.1, 0.15) is 11.2 Å². The van der Waals surface area contributed by atoms with Gasteiger partial charge < -0.3 is 14.8 Å². The minimum atomic E-state index is -0.980. The van der Waals surface area contributed by atoms with E-state index < -0.39 is 5.54 Å². The van der Waals surface area contributed by atoms with Gasteiger partial charge in [0.25, 0.3) is 5.91 Å². The number of hydrogen-bond acceptors (Lipinski definition) is 4. The fraction of sp³-hybridized carbons (Fsp3) is 0.536. The van der Waals surface area contributed by atoms with Crippen molar-refractivity contribution in [2.75, 3.05) is 0 Å². The van der Waals surface area contributed by atoms with Gasteiger partial charge in [-0.05, 0) is 49.9 Å². The first kappa shape index (κ1) is 25.4. The highest BCUT2D eigenvalue weighted by Crippen LogP contribution is 2.37. The maximum atomic E-state index is 13.8. The molecule has 4 heterocycles. The molecule has 5 rings (SSSR count). The maximum Gasteiger partial charge on any atom is 0.271 e. The van der Waals surface area contributed by atoms with Gasteiger partial charge in [-0.1, -0.05) is 52.5 Å². The number of thiophene rings is 1. The third-order valence-corrected chi connectivity index (χ3v) is 8.47. The minimum Gasteiger partial charge on any atom is -0.351 e. The fourth-order valence-corrected chi connectivity index (χ4v) is 6.29. The highest BCUT2D eigenvalue weighted by Gasteiger charge is 2.48. The Kier molecular flexibility index (Phi) is 7.95. The lowest BCUT2D eigenvalue weighted by Crippen LogP contribution is -2.64. The number of carbonyl (C=O) groups excluding carboxylic acids is 2. The van der Waals surface area contributed by atoms with Crippen LogP contribution in [0.5, 0.6) is 0 Å². The van der Waals surface area contributed by atoms with Crippen LogP contribution in [0.15, 0.2) is 36.7 Å². The summed E-state index contributed by atoms with van der Waals surface area (Å²) in [6.07, 6.45) is 11.3. The van der Waals surface area contributed by atoms with Gasteiger partial charge in [0.2, 0.25) is 5.91 Å². The Bertz CT molecular complexity index is 1160. The Labute approximate surface area is 212 Å². The van der Waals surface area contributed by atoms with E-state index in [2.05, 4.69) is 27.9 Å². The van der Waals surface area contributed by atoms with Gasteiger partial charge in [0.05, 0.1) is 16.8 Å². The standard InChI is InChI=1S/C26H32N4O2S.C2H6/c1-3-20-13-21-23(33-20)14-22-24(31)30(16-18-9-8-12-27-15-18)26(2,17-29(21)22)25(32)28-19-10-6-4-5-7-11-19;1-2/h8-9,12-15,19H,3-7,10-11,16-17H2,1-2H3,(H,28,32);1-2H3. The Balaban J connectivity index is 0.00000141. The second kappa shape index (κ2) is 10.9. The van der Waals surface area contributed by atoms with Crippen LogP contribution in [0.3, 0.4) is 0 Å². The van der Waals surface area contributed by atoms with Crippen molar-refractivity contribution in [2.45, 2.75) is 97.3 Å². The summed E-state index contributed by atoms with van der Waals surface area (Å²) >= 11 is 1.74. The van der Waals surface area contributed by atoms with Crippen molar-refractivity contribution in [1.82, 2.24) is 19.8 Å². The van der Waals surface area contributed by atoms with Gasteiger partial charge in [0.15, 0.2) is 0 Å². The van der Waals surface area contributed by atoms with Crippen LogP contribution in [0.25, 0.3) is 10.2 Å². The normalized spacial score (nSPS) is 20.7. The average Bonchev–Trinajstić information content (AvgIpc) is 3.32. The molecule has 1 aliphatic carbocycles. The molecule has 1 saturated carbocycles. The zero-order chi connectivity index (χ0) is 25.0. The third-order valence-electron chi connectivity index (χ3n) is 7.26. The molecule has 0 radical (unpaired) electrons. The van der Waals surface area contributed by atoms with Crippen molar-refractivity contribution in [3.63, 3.8) is 0 Å². The molecule has 1 fully saturated rings. The van der Waals surface area contributed by atoms with E-state index in [0.717, 1.165) is 47.9 Å². The number of aryl methyl sites for hydroxylation is 1. The molecular formula is C28H38N4O2S. The topological polar surface area (TPSA) is 67.2 Å². The number of rotatable bonds is 5. The average molecular weight is 495 g/mol. The molecule has 1 N–H and O–H groups in total. The number of aromatic nitrogens is 2. The number of carbonyl (C=O) groups is 2. The van der Waals surface area contributed by atoms with Crippen molar-refractivity contribution >= 4 is 33.4 Å². The van der Waals surface area contributed by atoms with Crippen molar-refractivity contribution in [3.8, 4) is 0 Å². The van der Waals surface area contributed by atoms with Crippen molar-refractivity contribution in [3.05, 3.63) is 52.8 Å². The van der Waals surface area contributed by atoms with Gasteiger partial charge in [0, 0.05) is 29.9 Å². The summed E-state index contributed by atoms with van der Waals surface area (Å²) in [5.41, 5.74) is 1.68. The summed E-state index contributed by atoms with van der Waals surface area (Å²) in [7, 11) is 0. The molecule has 0 aromatic carbocycles. The van der Waals surface area contributed by atoms with Gasteiger partial charge in [-0.2, -0.15) is 0 Å². The van der Waals surface area contributed by atoms with Crippen LogP contribution in [0, 0.1) is 0 Å². The first-order valence-corrected chi connectivity index (χ1v) is 13.9. The molecule has 3 aromatic rings. The summed E-state index contributed by atoms with van der Waals surface area (Å²) in [6, 6.07) is 8.20. The molecule has 2 amide bonds. The number of nitrogens with zero attached hydrogens (tertiary/aromatic N) is 3. The highest BCUT2D eigenvalue weighted by atomic mass is 32.1. The van der Waals surface area contributed by atoms with Crippen LogP contribution in [-0.2, 0) is 24.3 Å². The first-order valence-electron chi connectivity index (χ1n) is 13.1. The lowest BCUT2D eigenvalue weighted by Gasteiger charge is -2.44. The number of hydrogen-bond donors (Lipinski definition) is 1. The van der Waals surface area contributed by atoms with Gasteiger partial charge in [-0.3, -0.25) is 14.6 Å². The monoisotopic (exact) mass is 494 g/mol. The van der Waals surface area contributed by atoms with Crippen LogP contribution in [0.1, 0.15) is 87.1 Å². The van der Waals surface area contributed by atoms with E-state index in [-0.39, 0.29) is 17.9 Å². The zero-order valence-electron chi connectivity index (χ0n) is 21.5. The summed E-state index contributed by atoms with van der Waals surface area (Å²) in [5.74, 6) is -0.143. The lowest BCUT2D eigenvalue weighted by molar-refractivity contribution is -0.134. The second-order valence-electron chi connectivity index (χ2n) is 9.62. The molecule has 0 saturated heterocycles. The molecule has 0 bridgehead atoms. The smallest absolute Gasteiger partial charge is 0.271 e. The van der Waals surface area contributed by atoms with E-state index in [1.165, 1.54) is 17.7 Å². The Morgan fingerprint density at radius 1 is 1.20 bits per heavy atom. The van der Waals surface area contributed by atoms with E-state index in [9.17, 15) is 9.59 Å². The molecule has 188 valence electrons.